The van der Waals surface area contributed by atoms with Crippen molar-refractivity contribution in [3.63, 3.8) is 0 Å². The van der Waals surface area contributed by atoms with Crippen LogP contribution in [0.3, 0.4) is 0 Å². The molecule has 1 heterocycles. The van der Waals surface area contributed by atoms with E-state index in [9.17, 15) is 4.39 Å². The Morgan fingerprint density at radius 3 is 2.93 bits per heavy atom. The van der Waals surface area contributed by atoms with Crippen molar-refractivity contribution >= 4 is 0 Å². The Kier molecular flexibility index (Phi) is 2.10. The minimum absolute atomic E-state index is 0.165. The molecule has 2 aromatic rings. The Bertz CT molecular complexity index is 505. The minimum atomic E-state index is -0.417. The normalized spacial score (nSPS) is 11.3. The van der Waals surface area contributed by atoms with Crippen LogP contribution in [0.4, 0.5) is 4.39 Å². The van der Waals surface area contributed by atoms with Gasteiger partial charge in [0.2, 0.25) is 0 Å². The molecule has 0 spiro atoms. The van der Waals surface area contributed by atoms with E-state index in [1.165, 1.54) is 19.4 Å². The van der Waals surface area contributed by atoms with E-state index in [0.717, 1.165) is 0 Å². The summed E-state index contributed by atoms with van der Waals surface area (Å²) in [7, 11) is 3.15. The summed E-state index contributed by atoms with van der Waals surface area (Å²) in [5, 5.41) is 3.97. The zero-order valence-electron chi connectivity index (χ0n) is 9.49. The molecule has 15 heavy (non-hydrogen) atoms. The molecule has 0 saturated carbocycles. The van der Waals surface area contributed by atoms with Gasteiger partial charge in [-0.05, 0) is 24.2 Å². The van der Waals surface area contributed by atoms with Crippen LogP contribution in [0.5, 0.6) is 5.75 Å². The number of halogens is 1. The molecule has 0 fully saturated rings. The molecule has 0 aliphatic heterocycles. The van der Waals surface area contributed by atoms with E-state index >= 15 is 0 Å². The summed E-state index contributed by atoms with van der Waals surface area (Å²) in [6.45, 7) is 0. The summed E-state index contributed by atoms with van der Waals surface area (Å²) in [6, 6.07) is 4.79. The Morgan fingerprint density at radius 1 is 1.53 bits per heavy atom. The highest BCUT2D eigenvalue weighted by Crippen LogP contribution is 2.25. The lowest BCUT2D eigenvalue weighted by Gasteiger charge is -2.05. The number of methoxy groups -OCH3 is 1. The van der Waals surface area contributed by atoms with Crippen molar-refractivity contribution in [2.24, 2.45) is 7.05 Å². The van der Waals surface area contributed by atoms with Gasteiger partial charge in [0, 0.05) is 18.8 Å². The fourth-order valence-corrected chi connectivity index (χ4v) is 1.41. The molecule has 2 rings (SSSR count). The van der Waals surface area contributed by atoms with Crippen molar-refractivity contribution in [3.05, 3.63) is 36.3 Å². The molecule has 0 atom stereocenters. The highest BCUT2D eigenvalue weighted by molar-refractivity contribution is 5.61. The maximum Gasteiger partial charge on any atom is 0.165 e. The van der Waals surface area contributed by atoms with E-state index in [1.54, 1.807) is 23.9 Å². The summed E-state index contributed by atoms with van der Waals surface area (Å²) >= 11 is 0. The monoisotopic (exact) mass is 207 g/mol. The number of rotatable bonds is 2. The third-order valence-corrected chi connectivity index (χ3v) is 2.18. The average molecular weight is 207 g/mol. The van der Waals surface area contributed by atoms with Crippen molar-refractivity contribution in [1.82, 2.24) is 9.78 Å². The van der Waals surface area contributed by atoms with Crippen molar-refractivity contribution < 1.29 is 10.5 Å². The third kappa shape index (κ3) is 1.70. The molecule has 1 aromatic carbocycles. The van der Waals surface area contributed by atoms with Crippen molar-refractivity contribution in [3.8, 4) is 17.0 Å². The maximum atomic E-state index is 13.2. The molecule has 0 saturated heterocycles. The first kappa shape index (κ1) is 8.47. The zero-order valence-corrected chi connectivity index (χ0v) is 8.49. The van der Waals surface area contributed by atoms with Crippen molar-refractivity contribution in [2.75, 3.05) is 7.11 Å². The highest BCUT2D eigenvalue weighted by Gasteiger charge is 2.07. The summed E-state index contributed by atoms with van der Waals surface area (Å²) in [5.74, 6) is -0.252. The smallest absolute Gasteiger partial charge is 0.165 e. The van der Waals surface area contributed by atoms with Gasteiger partial charge in [-0.15, -0.1) is 0 Å². The Balaban J connectivity index is 2.57. The van der Waals surface area contributed by atoms with E-state index in [2.05, 4.69) is 5.10 Å². The standard InChI is InChI=1S/C11H11FN2O/c1-14-10(5-6-13-14)8-3-4-9(12)11(7-8)15-2/h3-7H,1-2H3/i5D. The predicted molar refractivity (Wildman–Crippen MR) is 55.2 cm³/mol. The molecule has 3 nitrogen and oxygen atoms in total. The SMILES string of the molecule is [2H]c1cnn(C)c1-c1ccc(F)c(OC)c1. The van der Waals surface area contributed by atoms with Crippen molar-refractivity contribution in [2.45, 2.75) is 0 Å². The number of nitrogens with zero attached hydrogens (tertiary/aromatic N) is 2. The van der Waals surface area contributed by atoms with Crippen LogP contribution in [-0.4, -0.2) is 16.9 Å². The third-order valence-electron chi connectivity index (χ3n) is 2.18. The van der Waals surface area contributed by atoms with Crippen LogP contribution in [0.1, 0.15) is 1.37 Å². The number of aryl methyl sites for hydroxylation is 1. The van der Waals surface area contributed by atoms with Gasteiger partial charge in [0.15, 0.2) is 11.6 Å². The molecule has 0 radical (unpaired) electrons. The van der Waals surface area contributed by atoms with E-state index in [0.29, 0.717) is 17.3 Å². The van der Waals surface area contributed by atoms with Gasteiger partial charge in [-0.3, -0.25) is 4.68 Å². The lowest BCUT2D eigenvalue weighted by molar-refractivity contribution is 0.386. The van der Waals surface area contributed by atoms with Gasteiger partial charge in [-0.25, -0.2) is 4.39 Å². The molecule has 0 amide bonds. The number of hydrogen-bond donors (Lipinski definition) is 0. The highest BCUT2D eigenvalue weighted by atomic mass is 19.1. The fourth-order valence-electron chi connectivity index (χ4n) is 1.41. The van der Waals surface area contributed by atoms with E-state index in [4.69, 9.17) is 6.11 Å². The first-order valence-electron chi connectivity index (χ1n) is 4.96. The number of ether oxygens (including phenoxy) is 1. The molecule has 0 aliphatic rings. The van der Waals surface area contributed by atoms with E-state index in [-0.39, 0.29) is 5.75 Å². The van der Waals surface area contributed by atoms with Crippen LogP contribution < -0.4 is 4.74 Å². The van der Waals surface area contributed by atoms with Crippen LogP contribution in [-0.2, 0) is 7.05 Å². The molecule has 78 valence electrons. The topological polar surface area (TPSA) is 27.1 Å². The second-order valence-corrected chi connectivity index (χ2v) is 3.11. The van der Waals surface area contributed by atoms with Gasteiger partial charge < -0.3 is 4.74 Å². The van der Waals surface area contributed by atoms with Crippen LogP contribution in [0, 0.1) is 5.82 Å². The molecule has 0 aliphatic carbocycles. The Labute approximate surface area is 88.5 Å². The molecule has 0 bridgehead atoms. The second-order valence-electron chi connectivity index (χ2n) is 3.11. The van der Waals surface area contributed by atoms with Crippen LogP contribution in [0.25, 0.3) is 11.3 Å². The second kappa shape index (κ2) is 3.73. The van der Waals surface area contributed by atoms with E-state index in [1.807, 2.05) is 0 Å². The molecular weight excluding hydrogens is 195 g/mol. The quantitative estimate of drug-likeness (QED) is 0.755. The van der Waals surface area contributed by atoms with Gasteiger partial charge >= 0.3 is 0 Å². The molecule has 0 N–H and O–H groups in total. The summed E-state index contributed by atoms with van der Waals surface area (Å²) in [4.78, 5) is 0. The van der Waals surface area contributed by atoms with Crippen LogP contribution in [0.2, 0.25) is 0 Å². The Hall–Kier alpha value is -1.84. The summed E-state index contributed by atoms with van der Waals surface area (Å²) in [5.41, 5.74) is 1.35. The Morgan fingerprint density at radius 2 is 2.33 bits per heavy atom. The van der Waals surface area contributed by atoms with Crippen molar-refractivity contribution in [1.29, 1.82) is 0 Å². The first-order chi connectivity index (χ1) is 7.63. The predicted octanol–water partition coefficient (Wildman–Crippen LogP) is 2.23. The molecular formula is C11H11FN2O. The lowest BCUT2D eigenvalue weighted by atomic mass is 10.1. The summed E-state index contributed by atoms with van der Waals surface area (Å²) in [6.07, 6.45) is 1.45. The van der Waals surface area contributed by atoms with Gasteiger partial charge in [-0.2, -0.15) is 5.10 Å². The molecule has 0 unspecified atom stereocenters. The van der Waals surface area contributed by atoms with Gasteiger partial charge in [-0.1, -0.05) is 0 Å². The molecule has 4 heteroatoms. The minimum Gasteiger partial charge on any atom is -0.494 e. The number of benzene rings is 1. The number of aromatic nitrogens is 2. The molecule has 1 aromatic heterocycles. The summed E-state index contributed by atoms with van der Waals surface area (Å²) < 4.78 is 27.4. The maximum absolute atomic E-state index is 13.2. The van der Waals surface area contributed by atoms with Gasteiger partial charge in [0.1, 0.15) is 0 Å². The number of hydrogen-bond acceptors (Lipinski definition) is 2. The zero-order chi connectivity index (χ0) is 11.7. The van der Waals surface area contributed by atoms with E-state index < -0.39 is 5.82 Å². The van der Waals surface area contributed by atoms with Gasteiger partial charge in [0.05, 0.1) is 14.2 Å². The first-order valence-corrected chi connectivity index (χ1v) is 4.46. The van der Waals surface area contributed by atoms with Crippen LogP contribution >= 0.6 is 0 Å². The fraction of sp³-hybridized carbons (Fsp3) is 0.182. The lowest BCUT2D eigenvalue weighted by Crippen LogP contribution is -1.94. The van der Waals surface area contributed by atoms with Crippen LogP contribution in [0.15, 0.2) is 30.4 Å². The largest absolute Gasteiger partial charge is 0.494 e. The van der Waals surface area contributed by atoms with Gasteiger partial charge in [0.25, 0.3) is 0 Å². The average Bonchev–Trinajstić information content (AvgIpc) is 2.60.